The lowest BCUT2D eigenvalue weighted by atomic mass is 10.1. The van der Waals surface area contributed by atoms with Gasteiger partial charge in [0.15, 0.2) is 18.0 Å². The Hall–Kier alpha value is -1.48. The highest BCUT2D eigenvalue weighted by Crippen LogP contribution is 2.42. The number of aryl methyl sites for hydroxylation is 1. The van der Waals surface area contributed by atoms with E-state index in [2.05, 4.69) is 35.8 Å². The summed E-state index contributed by atoms with van der Waals surface area (Å²) in [5.74, 6) is 0.388. The molecule has 3 heteroatoms. The normalized spacial score (nSPS) is 18.1. The Bertz CT molecular complexity index is 523. The molecular formula is C14H14NOS+. The quantitative estimate of drug-likeness (QED) is 0.780. The summed E-state index contributed by atoms with van der Waals surface area (Å²) in [4.78, 5) is 0. The van der Waals surface area contributed by atoms with E-state index in [1.54, 1.807) is 17.8 Å². The molecule has 0 spiro atoms. The van der Waals surface area contributed by atoms with E-state index in [0.29, 0.717) is 11.0 Å². The van der Waals surface area contributed by atoms with Gasteiger partial charge in [-0.1, -0.05) is 30.3 Å². The molecule has 1 atom stereocenters. The van der Waals surface area contributed by atoms with Crippen LogP contribution in [0.25, 0.3) is 0 Å². The van der Waals surface area contributed by atoms with E-state index in [-0.39, 0.29) is 0 Å². The largest absolute Gasteiger partial charge is 0.502 e. The molecule has 0 saturated heterocycles. The molecule has 86 valence electrons. The summed E-state index contributed by atoms with van der Waals surface area (Å²) in [5.41, 5.74) is 2.52. The summed E-state index contributed by atoms with van der Waals surface area (Å²) in [5, 5.41) is 11.3. The molecule has 2 heterocycles. The molecule has 0 fully saturated rings. The maximum atomic E-state index is 9.88. The van der Waals surface area contributed by atoms with Gasteiger partial charge in [0.1, 0.15) is 0 Å². The van der Waals surface area contributed by atoms with Crippen molar-refractivity contribution in [2.24, 2.45) is 0 Å². The number of benzene rings is 1. The molecule has 0 radical (unpaired) electrons. The van der Waals surface area contributed by atoms with Crippen molar-refractivity contribution in [2.75, 3.05) is 0 Å². The van der Waals surface area contributed by atoms with Crippen LogP contribution in [0.15, 0.2) is 47.5 Å². The van der Waals surface area contributed by atoms with E-state index in [1.165, 1.54) is 11.3 Å². The first kappa shape index (κ1) is 10.7. The summed E-state index contributed by atoms with van der Waals surface area (Å²) in [6.07, 6.45) is 0. The van der Waals surface area contributed by atoms with Crippen molar-refractivity contribution in [2.45, 2.75) is 23.7 Å². The molecule has 1 unspecified atom stereocenters. The molecule has 0 amide bonds. The van der Waals surface area contributed by atoms with Crippen molar-refractivity contribution in [3.8, 4) is 5.75 Å². The molecule has 1 N–H and O–H groups in total. The van der Waals surface area contributed by atoms with Crippen LogP contribution in [0.5, 0.6) is 5.75 Å². The lowest BCUT2D eigenvalue weighted by Crippen LogP contribution is -2.36. The number of hydrogen-bond donors (Lipinski definition) is 1. The maximum absolute atomic E-state index is 9.88. The fourth-order valence-electron chi connectivity index (χ4n) is 2.19. The minimum absolute atomic E-state index is 0.388. The standard InChI is InChI=1S/C14H13NOS/c1-10-7-8-12(16)14-15(10)9-13(17-14)11-5-3-2-4-6-11/h2-8,13H,9H2,1H3/p+1. The Morgan fingerprint density at radius 2 is 1.94 bits per heavy atom. The zero-order valence-electron chi connectivity index (χ0n) is 9.63. The predicted octanol–water partition coefficient (Wildman–Crippen LogP) is 2.84. The first-order chi connectivity index (χ1) is 8.25. The van der Waals surface area contributed by atoms with Gasteiger partial charge in [0.05, 0.1) is 5.25 Å². The van der Waals surface area contributed by atoms with Crippen LogP contribution < -0.4 is 4.57 Å². The summed E-state index contributed by atoms with van der Waals surface area (Å²) < 4.78 is 2.19. The summed E-state index contributed by atoms with van der Waals surface area (Å²) in [6.45, 7) is 3.01. The van der Waals surface area contributed by atoms with Gasteiger partial charge in [0.2, 0.25) is 0 Å². The molecule has 1 aromatic carbocycles. The van der Waals surface area contributed by atoms with Crippen LogP contribution in [0.2, 0.25) is 0 Å². The van der Waals surface area contributed by atoms with Gasteiger partial charge in [-0.05, 0) is 23.4 Å². The van der Waals surface area contributed by atoms with Gasteiger partial charge < -0.3 is 5.11 Å². The second-order valence-electron chi connectivity index (χ2n) is 4.29. The number of thioether (sulfide) groups is 1. The van der Waals surface area contributed by atoms with E-state index >= 15 is 0 Å². The average Bonchev–Trinajstić information content (AvgIpc) is 2.81. The number of aromatic hydroxyl groups is 1. The Balaban J connectivity index is 1.98. The summed E-state index contributed by atoms with van der Waals surface area (Å²) in [7, 11) is 0. The topological polar surface area (TPSA) is 24.1 Å². The smallest absolute Gasteiger partial charge is 0.283 e. The molecule has 2 aromatic rings. The maximum Gasteiger partial charge on any atom is 0.283 e. The van der Waals surface area contributed by atoms with Gasteiger partial charge in [-0.2, -0.15) is 4.57 Å². The fourth-order valence-corrected chi connectivity index (χ4v) is 3.51. The van der Waals surface area contributed by atoms with Crippen molar-refractivity contribution in [1.82, 2.24) is 0 Å². The van der Waals surface area contributed by atoms with Crippen LogP contribution in [0.1, 0.15) is 16.5 Å². The first-order valence-electron chi connectivity index (χ1n) is 5.70. The highest BCUT2D eigenvalue weighted by molar-refractivity contribution is 7.99. The molecule has 1 aliphatic heterocycles. The molecule has 0 saturated carbocycles. The summed E-state index contributed by atoms with van der Waals surface area (Å²) in [6, 6.07) is 14.2. The first-order valence-corrected chi connectivity index (χ1v) is 6.57. The van der Waals surface area contributed by atoms with E-state index in [9.17, 15) is 5.11 Å². The second kappa shape index (κ2) is 4.08. The van der Waals surface area contributed by atoms with Crippen LogP contribution in [-0.4, -0.2) is 5.11 Å². The number of nitrogens with zero attached hydrogens (tertiary/aromatic N) is 1. The van der Waals surface area contributed by atoms with Crippen LogP contribution in [-0.2, 0) is 6.54 Å². The van der Waals surface area contributed by atoms with E-state index in [0.717, 1.165) is 11.6 Å². The van der Waals surface area contributed by atoms with E-state index in [4.69, 9.17) is 0 Å². The van der Waals surface area contributed by atoms with Gasteiger partial charge in [0, 0.05) is 13.0 Å². The number of hydrogen-bond acceptors (Lipinski definition) is 2. The molecule has 1 aromatic heterocycles. The van der Waals surface area contributed by atoms with Crippen molar-refractivity contribution in [1.29, 1.82) is 0 Å². The van der Waals surface area contributed by atoms with Crippen molar-refractivity contribution in [3.63, 3.8) is 0 Å². The minimum Gasteiger partial charge on any atom is -0.502 e. The lowest BCUT2D eigenvalue weighted by Gasteiger charge is -2.03. The van der Waals surface area contributed by atoms with Crippen molar-refractivity contribution >= 4 is 11.8 Å². The second-order valence-corrected chi connectivity index (χ2v) is 5.48. The molecule has 17 heavy (non-hydrogen) atoms. The van der Waals surface area contributed by atoms with Crippen molar-refractivity contribution in [3.05, 3.63) is 53.7 Å². The fraction of sp³-hybridized carbons (Fsp3) is 0.214. The molecule has 0 bridgehead atoms. The third kappa shape index (κ3) is 1.80. The third-order valence-electron chi connectivity index (χ3n) is 3.15. The molecule has 0 aliphatic carbocycles. The lowest BCUT2D eigenvalue weighted by molar-refractivity contribution is -0.732. The Morgan fingerprint density at radius 3 is 2.65 bits per heavy atom. The van der Waals surface area contributed by atoms with Gasteiger partial charge in [-0.15, -0.1) is 0 Å². The Kier molecular flexibility index (Phi) is 2.56. The van der Waals surface area contributed by atoms with Gasteiger partial charge in [-0.25, -0.2) is 0 Å². The number of pyridine rings is 1. The number of fused-ring (bicyclic) bond motifs is 1. The third-order valence-corrected chi connectivity index (χ3v) is 4.50. The molecular weight excluding hydrogens is 230 g/mol. The zero-order valence-corrected chi connectivity index (χ0v) is 10.4. The van der Waals surface area contributed by atoms with E-state index < -0.39 is 0 Å². The number of rotatable bonds is 1. The minimum atomic E-state index is 0.388. The van der Waals surface area contributed by atoms with Gasteiger partial charge in [-0.3, -0.25) is 0 Å². The average molecular weight is 244 g/mol. The van der Waals surface area contributed by atoms with Gasteiger partial charge >= 0.3 is 0 Å². The highest BCUT2D eigenvalue weighted by Gasteiger charge is 2.34. The molecule has 2 nitrogen and oxygen atoms in total. The predicted molar refractivity (Wildman–Crippen MR) is 68.1 cm³/mol. The number of aromatic nitrogens is 1. The van der Waals surface area contributed by atoms with Crippen molar-refractivity contribution < 1.29 is 9.67 Å². The van der Waals surface area contributed by atoms with Crippen LogP contribution >= 0.6 is 11.8 Å². The van der Waals surface area contributed by atoms with E-state index in [1.807, 2.05) is 12.1 Å². The SMILES string of the molecule is Cc1ccc(O)c2[n+]1CC(c1ccccc1)S2. The molecule has 3 rings (SSSR count). The van der Waals surface area contributed by atoms with Crippen LogP contribution in [0, 0.1) is 6.92 Å². The van der Waals surface area contributed by atoms with Crippen LogP contribution in [0.4, 0.5) is 0 Å². The summed E-state index contributed by atoms with van der Waals surface area (Å²) >= 11 is 1.74. The Labute approximate surface area is 105 Å². The Morgan fingerprint density at radius 1 is 1.18 bits per heavy atom. The highest BCUT2D eigenvalue weighted by atomic mass is 32.2. The zero-order chi connectivity index (χ0) is 11.8. The molecule has 1 aliphatic rings. The van der Waals surface area contributed by atoms with Gasteiger partial charge in [0.25, 0.3) is 5.03 Å². The monoisotopic (exact) mass is 244 g/mol. The van der Waals surface area contributed by atoms with Crippen LogP contribution in [0.3, 0.4) is 0 Å².